The lowest BCUT2D eigenvalue weighted by atomic mass is 10.1. The zero-order valence-electron chi connectivity index (χ0n) is 10.6. The molecule has 0 aliphatic heterocycles. The van der Waals surface area contributed by atoms with Gasteiger partial charge in [0.05, 0.1) is 18.7 Å². The smallest absolute Gasteiger partial charge is 0.307 e. The van der Waals surface area contributed by atoms with Gasteiger partial charge in [-0.2, -0.15) is 5.10 Å². The lowest BCUT2D eigenvalue weighted by Gasteiger charge is -2.01. The predicted molar refractivity (Wildman–Crippen MR) is 63.1 cm³/mol. The molecule has 0 radical (unpaired) electrons. The molecule has 18 heavy (non-hydrogen) atoms. The summed E-state index contributed by atoms with van der Waals surface area (Å²) in [7, 11) is 1.80. The third-order valence-corrected chi connectivity index (χ3v) is 2.82. The summed E-state index contributed by atoms with van der Waals surface area (Å²) in [4.78, 5) is 10.8. The second-order valence-electron chi connectivity index (χ2n) is 4.26. The minimum Gasteiger partial charge on any atom is -0.481 e. The van der Waals surface area contributed by atoms with Gasteiger partial charge in [0.15, 0.2) is 0 Å². The molecule has 7 nitrogen and oxygen atoms in total. The summed E-state index contributed by atoms with van der Waals surface area (Å²) in [6.45, 7) is 4.19. The Bertz CT molecular complexity index is 584. The van der Waals surface area contributed by atoms with Crippen molar-refractivity contribution in [1.82, 2.24) is 24.8 Å². The fraction of sp³-hybridized carbons (Fsp3) is 0.455. The number of rotatable bonds is 4. The van der Waals surface area contributed by atoms with Gasteiger partial charge in [-0.15, -0.1) is 5.10 Å². The first-order valence-electron chi connectivity index (χ1n) is 5.57. The fourth-order valence-electron chi connectivity index (χ4n) is 1.92. The quantitative estimate of drug-likeness (QED) is 0.842. The maximum absolute atomic E-state index is 10.8. The molecule has 2 heterocycles. The van der Waals surface area contributed by atoms with Crippen LogP contribution in [0.4, 0.5) is 0 Å². The Balaban J connectivity index is 2.26. The summed E-state index contributed by atoms with van der Waals surface area (Å²) in [6, 6.07) is 0. The maximum atomic E-state index is 10.8. The van der Waals surface area contributed by atoms with Crippen molar-refractivity contribution in [3.8, 4) is 0 Å². The minimum absolute atomic E-state index is 0.00185. The number of aryl methyl sites for hydroxylation is 2. The zero-order valence-corrected chi connectivity index (χ0v) is 10.6. The molecule has 0 amide bonds. The number of hydrogen-bond acceptors (Lipinski definition) is 4. The van der Waals surface area contributed by atoms with Gasteiger partial charge >= 0.3 is 5.97 Å². The van der Waals surface area contributed by atoms with Crippen LogP contribution in [0.3, 0.4) is 0 Å². The summed E-state index contributed by atoms with van der Waals surface area (Å²) in [5.74, 6) is -0.847. The molecule has 0 aromatic carbocycles. The Morgan fingerprint density at radius 1 is 1.44 bits per heavy atom. The number of hydrogen-bond donors (Lipinski definition) is 1. The van der Waals surface area contributed by atoms with Crippen molar-refractivity contribution < 1.29 is 9.90 Å². The van der Waals surface area contributed by atoms with Crippen molar-refractivity contribution in [3.63, 3.8) is 0 Å². The van der Waals surface area contributed by atoms with E-state index in [1.54, 1.807) is 16.4 Å². The molecule has 0 atom stereocenters. The zero-order chi connectivity index (χ0) is 13.3. The Morgan fingerprint density at radius 2 is 2.17 bits per heavy atom. The molecule has 0 saturated heterocycles. The van der Waals surface area contributed by atoms with E-state index in [9.17, 15) is 4.79 Å². The summed E-state index contributed by atoms with van der Waals surface area (Å²) in [5.41, 5.74) is 3.18. The highest BCUT2D eigenvalue weighted by atomic mass is 16.4. The second-order valence-corrected chi connectivity index (χ2v) is 4.26. The summed E-state index contributed by atoms with van der Waals surface area (Å²) >= 11 is 0. The Hall–Kier alpha value is -2.18. The van der Waals surface area contributed by atoms with Crippen molar-refractivity contribution in [1.29, 1.82) is 0 Å². The van der Waals surface area contributed by atoms with Gasteiger partial charge in [-0.3, -0.25) is 14.2 Å². The van der Waals surface area contributed by atoms with Gasteiger partial charge in [0.25, 0.3) is 0 Å². The van der Waals surface area contributed by atoms with Crippen LogP contribution in [-0.2, 0) is 24.8 Å². The normalized spacial score (nSPS) is 10.8. The van der Waals surface area contributed by atoms with Gasteiger partial charge in [-0.1, -0.05) is 5.21 Å². The van der Waals surface area contributed by atoms with Gasteiger partial charge in [0.1, 0.15) is 5.69 Å². The van der Waals surface area contributed by atoms with E-state index in [-0.39, 0.29) is 6.42 Å². The van der Waals surface area contributed by atoms with Crippen molar-refractivity contribution in [2.45, 2.75) is 26.8 Å². The predicted octanol–water partition coefficient (Wildman–Crippen LogP) is 0.304. The van der Waals surface area contributed by atoms with E-state index in [1.807, 2.05) is 20.0 Å². The molecule has 2 aromatic rings. The highest BCUT2D eigenvalue weighted by Gasteiger charge is 2.15. The average Bonchev–Trinajstić information content (AvgIpc) is 2.78. The van der Waals surface area contributed by atoms with E-state index in [0.717, 1.165) is 22.6 Å². The molecule has 0 bridgehead atoms. The van der Waals surface area contributed by atoms with E-state index in [4.69, 9.17) is 5.11 Å². The number of aromatic nitrogens is 5. The summed E-state index contributed by atoms with van der Waals surface area (Å²) in [6.07, 6.45) is 1.81. The highest BCUT2D eigenvalue weighted by Crippen LogP contribution is 2.14. The van der Waals surface area contributed by atoms with Crippen LogP contribution in [0.15, 0.2) is 6.20 Å². The lowest BCUT2D eigenvalue weighted by Crippen LogP contribution is -2.06. The van der Waals surface area contributed by atoms with Crippen LogP contribution in [0.1, 0.15) is 22.6 Å². The summed E-state index contributed by atoms with van der Waals surface area (Å²) in [5, 5.41) is 21.0. The van der Waals surface area contributed by atoms with E-state index in [0.29, 0.717) is 6.54 Å². The third-order valence-electron chi connectivity index (χ3n) is 2.82. The van der Waals surface area contributed by atoms with Gasteiger partial charge in [0, 0.05) is 24.5 Å². The SMILES string of the molecule is Cc1nn(Cc2cn(C)nn2)c(C)c1CC(=O)O. The highest BCUT2D eigenvalue weighted by molar-refractivity contribution is 5.70. The fourth-order valence-corrected chi connectivity index (χ4v) is 1.92. The maximum Gasteiger partial charge on any atom is 0.307 e. The number of carboxylic acid groups (broad SMARTS) is 1. The molecule has 1 N–H and O–H groups in total. The van der Waals surface area contributed by atoms with Crippen molar-refractivity contribution in [2.75, 3.05) is 0 Å². The van der Waals surface area contributed by atoms with E-state index in [1.165, 1.54) is 0 Å². The molecule has 0 spiro atoms. The molecule has 96 valence electrons. The van der Waals surface area contributed by atoms with Gasteiger partial charge in [0.2, 0.25) is 0 Å². The van der Waals surface area contributed by atoms with Gasteiger partial charge < -0.3 is 5.11 Å². The van der Waals surface area contributed by atoms with Crippen LogP contribution in [0.25, 0.3) is 0 Å². The van der Waals surface area contributed by atoms with Crippen LogP contribution in [0, 0.1) is 13.8 Å². The van der Waals surface area contributed by atoms with Crippen LogP contribution in [0.5, 0.6) is 0 Å². The molecule has 0 aliphatic rings. The summed E-state index contributed by atoms with van der Waals surface area (Å²) < 4.78 is 3.39. The first kappa shape index (κ1) is 12.3. The molecule has 2 rings (SSSR count). The first-order valence-corrected chi connectivity index (χ1v) is 5.57. The van der Waals surface area contributed by atoms with Crippen LogP contribution in [0.2, 0.25) is 0 Å². The van der Waals surface area contributed by atoms with E-state index in [2.05, 4.69) is 15.4 Å². The van der Waals surface area contributed by atoms with Crippen LogP contribution < -0.4 is 0 Å². The van der Waals surface area contributed by atoms with E-state index < -0.39 is 5.97 Å². The van der Waals surface area contributed by atoms with E-state index >= 15 is 0 Å². The Morgan fingerprint density at radius 3 is 2.72 bits per heavy atom. The number of aliphatic carboxylic acids is 1. The monoisotopic (exact) mass is 249 g/mol. The molecule has 0 unspecified atom stereocenters. The first-order chi connectivity index (χ1) is 8.47. The van der Waals surface area contributed by atoms with Crippen molar-refractivity contribution in [3.05, 3.63) is 28.8 Å². The molecule has 2 aromatic heterocycles. The standard InChI is InChI=1S/C11H15N5O2/c1-7-10(4-11(17)18)8(2)16(13-7)6-9-5-15(3)14-12-9/h5H,4,6H2,1-3H3,(H,17,18). The van der Waals surface area contributed by atoms with Crippen molar-refractivity contribution in [2.24, 2.45) is 7.05 Å². The third kappa shape index (κ3) is 2.39. The van der Waals surface area contributed by atoms with Crippen LogP contribution in [-0.4, -0.2) is 35.9 Å². The molecule has 7 heteroatoms. The Kier molecular flexibility index (Phi) is 3.14. The largest absolute Gasteiger partial charge is 0.481 e. The molecule has 0 saturated carbocycles. The Labute approximate surface area is 104 Å². The number of carboxylic acids is 1. The molecular formula is C11H15N5O2. The number of nitrogens with zero attached hydrogens (tertiary/aromatic N) is 5. The topological polar surface area (TPSA) is 85.8 Å². The average molecular weight is 249 g/mol. The minimum atomic E-state index is -0.847. The van der Waals surface area contributed by atoms with Gasteiger partial charge in [-0.05, 0) is 13.8 Å². The second kappa shape index (κ2) is 4.59. The van der Waals surface area contributed by atoms with Gasteiger partial charge in [-0.25, -0.2) is 0 Å². The number of carbonyl (C=O) groups is 1. The molecule has 0 aliphatic carbocycles. The lowest BCUT2D eigenvalue weighted by molar-refractivity contribution is -0.136. The molecular weight excluding hydrogens is 234 g/mol. The molecule has 0 fully saturated rings. The van der Waals surface area contributed by atoms with Crippen LogP contribution >= 0.6 is 0 Å². The van der Waals surface area contributed by atoms with Crippen molar-refractivity contribution >= 4 is 5.97 Å².